The van der Waals surface area contributed by atoms with Crippen LogP contribution in [0.3, 0.4) is 0 Å². The first-order valence-corrected chi connectivity index (χ1v) is 8.78. The Hall–Kier alpha value is -1.89. The van der Waals surface area contributed by atoms with E-state index in [1.165, 1.54) is 7.11 Å². The summed E-state index contributed by atoms with van der Waals surface area (Å²) in [5.41, 5.74) is 2.08. The zero-order valence-electron chi connectivity index (χ0n) is 14.4. The molecule has 0 spiro atoms. The minimum Gasteiger partial charge on any atom is -0.468 e. The number of fused-ring (bicyclic) bond motifs is 1. The highest BCUT2D eigenvalue weighted by atomic mass is 16.5. The van der Waals surface area contributed by atoms with E-state index < -0.39 is 0 Å². The number of likely N-dealkylation sites (tertiary alicyclic amines) is 1. The molecule has 1 aromatic rings. The molecule has 1 aromatic heterocycles. The highest BCUT2D eigenvalue weighted by Gasteiger charge is 2.21. The molecule has 0 bridgehead atoms. The summed E-state index contributed by atoms with van der Waals surface area (Å²) in [6.07, 6.45) is 4.42. The second-order valence-electron chi connectivity index (χ2n) is 6.58. The van der Waals surface area contributed by atoms with Crippen molar-refractivity contribution >= 4 is 11.9 Å². The van der Waals surface area contributed by atoms with Gasteiger partial charge in [-0.2, -0.15) is 5.10 Å². The molecule has 0 radical (unpaired) electrons. The molecule has 3 heterocycles. The Morgan fingerprint density at radius 3 is 2.71 bits per heavy atom. The van der Waals surface area contributed by atoms with Crippen LogP contribution in [0.15, 0.2) is 6.07 Å². The number of carbonyl (C=O) groups excluding carboxylic acids is 2. The van der Waals surface area contributed by atoms with Gasteiger partial charge in [-0.1, -0.05) is 0 Å². The van der Waals surface area contributed by atoms with Gasteiger partial charge in [0.05, 0.1) is 25.0 Å². The molecule has 0 N–H and O–H groups in total. The standard InChI is InChI=1S/C17H26N4O3/c1-24-17(23)13-19-7-4-10-21-15(12-19)11-14(18-21)5-6-16(22)20-8-2-3-9-20/h11H,2-10,12-13H2,1H3. The third kappa shape index (κ3) is 4.14. The van der Waals surface area contributed by atoms with Gasteiger partial charge in [0.2, 0.25) is 5.91 Å². The molecule has 0 aromatic carbocycles. The average Bonchev–Trinajstić information content (AvgIpc) is 3.20. The summed E-state index contributed by atoms with van der Waals surface area (Å²) in [5.74, 6) is 0.0300. The van der Waals surface area contributed by atoms with Gasteiger partial charge in [-0.3, -0.25) is 19.2 Å². The molecule has 3 rings (SSSR count). The van der Waals surface area contributed by atoms with Crippen molar-refractivity contribution in [3.8, 4) is 0 Å². The van der Waals surface area contributed by atoms with Crippen LogP contribution >= 0.6 is 0 Å². The van der Waals surface area contributed by atoms with Crippen molar-refractivity contribution in [1.82, 2.24) is 19.6 Å². The van der Waals surface area contributed by atoms with Gasteiger partial charge in [0.15, 0.2) is 0 Å². The van der Waals surface area contributed by atoms with Crippen LogP contribution in [-0.4, -0.2) is 64.7 Å². The van der Waals surface area contributed by atoms with Gasteiger partial charge in [0.25, 0.3) is 0 Å². The Kier molecular flexibility index (Phi) is 5.50. The van der Waals surface area contributed by atoms with Crippen LogP contribution in [0.2, 0.25) is 0 Å². The average molecular weight is 334 g/mol. The maximum Gasteiger partial charge on any atom is 0.319 e. The molecule has 0 saturated carbocycles. The largest absolute Gasteiger partial charge is 0.468 e. The number of amides is 1. The fraction of sp³-hybridized carbons (Fsp3) is 0.706. The van der Waals surface area contributed by atoms with Crippen LogP contribution in [0, 0.1) is 0 Å². The normalized spacial score (nSPS) is 18.3. The first-order valence-electron chi connectivity index (χ1n) is 8.78. The third-order valence-corrected chi connectivity index (χ3v) is 4.78. The maximum absolute atomic E-state index is 12.2. The summed E-state index contributed by atoms with van der Waals surface area (Å²) < 4.78 is 6.78. The van der Waals surface area contributed by atoms with Crippen molar-refractivity contribution in [1.29, 1.82) is 0 Å². The van der Waals surface area contributed by atoms with E-state index in [-0.39, 0.29) is 11.9 Å². The van der Waals surface area contributed by atoms with E-state index in [0.717, 1.165) is 56.8 Å². The van der Waals surface area contributed by atoms with Gasteiger partial charge in [-0.25, -0.2) is 0 Å². The molecule has 1 fully saturated rings. The van der Waals surface area contributed by atoms with E-state index in [2.05, 4.69) is 16.1 Å². The van der Waals surface area contributed by atoms with Crippen LogP contribution in [0.5, 0.6) is 0 Å². The van der Waals surface area contributed by atoms with Crippen molar-refractivity contribution < 1.29 is 14.3 Å². The lowest BCUT2D eigenvalue weighted by atomic mass is 10.2. The van der Waals surface area contributed by atoms with Gasteiger partial charge >= 0.3 is 5.97 Å². The Labute approximate surface area is 142 Å². The summed E-state index contributed by atoms with van der Waals surface area (Å²) >= 11 is 0. The quantitative estimate of drug-likeness (QED) is 0.746. The number of hydrogen-bond acceptors (Lipinski definition) is 5. The number of methoxy groups -OCH3 is 1. The molecule has 2 aliphatic heterocycles. The zero-order valence-corrected chi connectivity index (χ0v) is 14.4. The molecule has 1 saturated heterocycles. The number of rotatable bonds is 5. The maximum atomic E-state index is 12.2. The highest BCUT2D eigenvalue weighted by molar-refractivity contribution is 5.76. The summed E-state index contributed by atoms with van der Waals surface area (Å²) in [7, 11) is 1.42. The van der Waals surface area contributed by atoms with E-state index in [4.69, 9.17) is 4.74 Å². The molecule has 24 heavy (non-hydrogen) atoms. The molecule has 2 aliphatic rings. The lowest BCUT2D eigenvalue weighted by Crippen LogP contribution is -2.30. The number of esters is 1. The third-order valence-electron chi connectivity index (χ3n) is 4.78. The lowest BCUT2D eigenvalue weighted by Gasteiger charge is -2.17. The van der Waals surface area contributed by atoms with E-state index in [1.54, 1.807) is 0 Å². The summed E-state index contributed by atoms with van der Waals surface area (Å²) in [4.78, 5) is 27.7. The van der Waals surface area contributed by atoms with Crippen LogP contribution < -0.4 is 0 Å². The SMILES string of the molecule is COC(=O)CN1CCCn2nc(CCC(=O)N3CCCC3)cc2C1. The van der Waals surface area contributed by atoms with Crippen LogP contribution in [0.25, 0.3) is 0 Å². The fourth-order valence-corrected chi connectivity index (χ4v) is 3.45. The molecule has 132 valence electrons. The van der Waals surface area contributed by atoms with Crippen molar-refractivity contribution in [2.24, 2.45) is 0 Å². The molecular formula is C17H26N4O3. The van der Waals surface area contributed by atoms with E-state index >= 15 is 0 Å². The lowest BCUT2D eigenvalue weighted by molar-refractivity contribution is -0.142. The Bertz CT molecular complexity index is 593. The minimum absolute atomic E-state index is 0.209. The fourth-order valence-electron chi connectivity index (χ4n) is 3.45. The number of hydrogen-bond donors (Lipinski definition) is 0. The second kappa shape index (κ2) is 7.79. The van der Waals surface area contributed by atoms with Crippen LogP contribution in [0.4, 0.5) is 0 Å². The van der Waals surface area contributed by atoms with Gasteiger partial charge in [-0.15, -0.1) is 0 Å². The molecule has 0 unspecified atom stereocenters. The van der Waals surface area contributed by atoms with Crippen LogP contribution in [-0.2, 0) is 33.8 Å². The van der Waals surface area contributed by atoms with Gasteiger partial charge < -0.3 is 9.64 Å². The van der Waals surface area contributed by atoms with Crippen molar-refractivity contribution in [2.45, 2.75) is 45.2 Å². The topological polar surface area (TPSA) is 67.7 Å². The summed E-state index contributed by atoms with van der Waals surface area (Å²) in [5, 5.41) is 4.65. The monoisotopic (exact) mass is 334 g/mol. The van der Waals surface area contributed by atoms with Gasteiger partial charge in [0.1, 0.15) is 0 Å². The first kappa shape index (κ1) is 17.0. The van der Waals surface area contributed by atoms with Gasteiger partial charge in [0, 0.05) is 45.6 Å². The zero-order chi connectivity index (χ0) is 16.9. The highest BCUT2D eigenvalue weighted by Crippen LogP contribution is 2.16. The minimum atomic E-state index is -0.209. The second-order valence-corrected chi connectivity index (χ2v) is 6.58. The predicted molar refractivity (Wildman–Crippen MR) is 88.3 cm³/mol. The number of aryl methyl sites for hydroxylation is 2. The predicted octanol–water partition coefficient (Wildman–Crippen LogP) is 0.817. The summed E-state index contributed by atoms with van der Waals surface area (Å²) in [6.45, 7) is 4.53. The molecular weight excluding hydrogens is 308 g/mol. The number of nitrogens with zero attached hydrogens (tertiary/aromatic N) is 4. The molecule has 7 heteroatoms. The van der Waals surface area contributed by atoms with Crippen molar-refractivity contribution in [3.05, 3.63) is 17.5 Å². The van der Waals surface area contributed by atoms with Gasteiger partial charge in [-0.05, 0) is 25.3 Å². The summed E-state index contributed by atoms with van der Waals surface area (Å²) in [6, 6.07) is 2.08. The number of carbonyl (C=O) groups is 2. The Morgan fingerprint density at radius 2 is 1.96 bits per heavy atom. The van der Waals surface area contributed by atoms with E-state index in [9.17, 15) is 9.59 Å². The van der Waals surface area contributed by atoms with Crippen molar-refractivity contribution in [3.63, 3.8) is 0 Å². The molecule has 1 amide bonds. The molecule has 7 nitrogen and oxygen atoms in total. The van der Waals surface area contributed by atoms with Crippen molar-refractivity contribution in [2.75, 3.05) is 33.3 Å². The molecule has 0 aliphatic carbocycles. The van der Waals surface area contributed by atoms with E-state index in [0.29, 0.717) is 25.9 Å². The first-order chi connectivity index (χ1) is 11.7. The number of ether oxygens (including phenoxy) is 1. The number of aromatic nitrogens is 2. The van der Waals surface area contributed by atoms with Crippen LogP contribution in [0.1, 0.15) is 37.1 Å². The Balaban J connectivity index is 1.57. The Morgan fingerprint density at radius 1 is 1.17 bits per heavy atom. The smallest absolute Gasteiger partial charge is 0.319 e. The molecule has 0 atom stereocenters. The van der Waals surface area contributed by atoms with E-state index in [1.807, 2.05) is 9.58 Å².